The molecule has 0 aliphatic carbocycles. The van der Waals surface area contributed by atoms with Crippen molar-refractivity contribution < 1.29 is 0 Å². The van der Waals surface area contributed by atoms with E-state index in [9.17, 15) is 0 Å². The first-order chi connectivity index (χ1) is 44.6. The summed E-state index contributed by atoms with van der Waals surface area (Å²) in [4.78, 5) is 4.75. The van der Waals surface area contributed by atoms with Gasteiger partial charge < -0.3 is 18.9 Å². The molecular formula is C86H58N4. The van der Waals surface area contributed by atoms with Gasteiger partial charge in [0.2, 0.25) is 0 Å². The molecule has 0 saturated carbocycles. The average molecular weight is 1150 g/mol. The van der Waals surface area contributed by atoms with Crippen LogP contribution in [0.4, 0.5) is 34.1 Å². The molecule has 0 spiro atoms. The van der Waals surface area contributed by atoms with Gasteiger partial charge in [0, 0.05) is 67.4 Å². The van der Waals surface area contributed by atoms with Crippen molar-refractivity contribution in [3.63, 3.8) is 0 Å². The molecule has 0 radical (unpaired) electrons. The highest BCUT2D eigenvalue weighted by Crippen LogP contribution is 2.45. The highest BCUT2D eigenvalue weighted by Gasteiger charge is 2.23. The summed E-state index contributed by atoms with van der Waals surface area (Å²) in [6.07, 6.45) is 0. The molecule has 17 rings (SSSR count). The lowest BCUT2D eigenvalue weighted by Crippen LogP contribution is -2.10. The van der Waals surface area contributed by atoms with Crippen molar-refractivity contribution in [2.75, 3.05) is 9.80 Å². The summed E-state index contributed by atoms with van der Waals surface area (Å²) in [7, 11) is 0. The van der Waals surface area contributed by atoms with Gasteiger partial charge in [0.1, 0.15) is 0 Å². The van der Waals surface area contributed by atoms with Crippen LogP contribution in [0.3, 0.4) is 0 Å². The van der Waals surface area contributed by atoms with Crippen LogP contribution in [0, 0.1) is 0 Å². The molecule has 0 fully saturated rings. The van der Waals surface area contributed by atoms with Crippen LogP contribution in [0.5, 0.6) is 0 Å². The molecule has 0 unspecified atom stereocenters. The topological polar surface area (TPSA) is 16.3 Å². The zero-order valence-corrected chi connectivity index (χ0v) is 49.3. The summed E-state index contributed by atoms with van der Waals surface area (Å²) in [6, 6.07) is 129. The Morgan fingerprint density at radius 2 is 0.500 bits per heavy atom. The number of hydrogen-bond acceptors (Lipinski definition) is 2. The quantitative estimate of drug-likeness (QED) is 0.121. The average Bonchev–Trinajstić information content (AvgIpc) is 1.67. The summed E-state index contributed by atoms with van der Waals surface area (Å²) < 4.78 is 4.96. The van der Waals surface area contributed by atoms with Crippen molar-refractivity contribution in [2.24, 2.45) is 0 Å². The smallest absolute Gasteiger partial charge is 0.0547 e. The van der Waals surface area contributed by atoms with Crippen molar-refractivity contribution in [1.82, 2.24) is 9.13 Å². The monoisotopic (exact) mass is 1150 g/mol. The molecule has 0 amide bonds. The minimum Gasteiger partial charge on any atom is -0.310 e. The van der Waals surface area contributed by atoms with Gasteiger partial charge in [0.25, 0.3) is 0 Å². The van der Waals surface area contributed by atoms with Crippen LogP contribution in [0.15, 0.2) is 352 Å². The minimum absolute atomic E-state index is 1.07. The lowest BCUT2D eigenvalue weighted by molar-refractivity contribution is 1.13. The fraction of sp³-hybridized carbons (Fsp3) is 0. The van der Waals surface area contributed by atoms with Crippen molar-refractivity contribution in [3.8, 4) is 56.1 Å². The Morgan fingerprint density at radius 3 is 0.900 bits per heavy atom. The van der Waals surface area contributed by atoms with Gasteiger partial charge in [-0.1, -0.05) is 231 Å². The first-order valence-corrected chi connectivity index (χ1v) is 30.9. The van der Waals surface area contributed by atoms with Gasteiger partial charge in [-0.3, -0.25) is 0 Å². The van der Waals surface area contributed by atoms with Gasteiger partial charge in [-0.25, -0.2) is 0 Å². The van der Waals surface area contributed by atoms with Crippen molar-refractivity contribution in [1.29, 1.82) is 0 Å². The molecule has 2 heterocycles. The predicted octanol–water partition coefficient (Wildman–Crippen LogP) is 23.8. The van der Waals surface area contributed by atoms with E-state index in [0.717, 1.165) is 78.7 Å². The van der Waals surface area contributed by atoms with E-state index in [2.05, 4.69) is 371 Å². The molecule has 2 aromatic heterocycles. The number of hydrogen-bond donors (Lipinski definition) is 0. The fourth-order valence-electron chi connectivity index (χ4n) is 13.7. The molecule has 15 aromatic carbocycles. The highest BCUT2D eigenvalue weighted by molar-refractivity contribution is 6.07. The van der Waals surface area contributed by atoms with Gasteiger partial charge >= 0.3 is 0 Å². The zero-order chi connectivity index (χ0) is 59.5. The van der Waals surface area contributed by atoms with Crippen molar-refractivity contribution in [3.05, 3.63) is 352 Å². The molecule has 422 valence electrons. The number of rotatable bonds is 12. The summed E-state index contributed by atoms with van der Waals surface area (Å²) in [5.74, 6) is 0. The molecular weight excluding hydrogens is 1090 g/mol. The van der Waals surface area contributed by atoms with Crippen LogP contribution in [0.25, 0.3) is 121 Å². The predicted molar refractivity (Wildman–Crippen MR) is 381 cm³/mol. The van der Waals surface area contributed by atoms with Crippen molar-refractivity contribution >= 4 is 99.0 Å². The van der Waals surface area contributed by atoms with Crippen LogP contribution in [0.2, 0.25) is 0 Å². The maximum Gasteiger partial charge on any atom is 0.0547 e. The lowest BCUT2D eigenvalue weighted by atomic mass is 10.0. The van der Waals surface area contributed by atoms with E-state index in [0.29, 0.717) is 0 Å². The maximum atomic E-state index is 2.48. The maximum absolute atomic E-state index is 2.48. The summed E-state index contributed by atoms with van der Waals surface area (Å²) in [5.41, 5.74) is 20.2. The Kier molecular flexibility index (Phi) is 12.8. The van der Waals surface area contributed by atoms with E-state index in [4.69, 9.17) is 0 Å². The van der Waals surface area contributed by atoms with Crippen LogP contribution in [0.1, 0.15) is 0 Å². The van der Waals surface area contributed by atoms with Gasteiger partial charge in [-0.2, -0.15) is 0 Å². The summed E-state index contributed by atoms with van der Waals surface area (Å²) in [6.45, 7) is 0. The molecule has 4 nitrogen and oxygen atoms in total. The second-order valence-corrected chi connectivity index (χ2v) is 23.3. The lowest BCUT2D eigenvalue weighted by Gasteiger charge is -2.26. The third-order valence-electron chi connectivity index (χ3n) is 18.0. The molecule has 4 heteroatoms. The largest absolute Gasteiger partial charge is 0.310 e. The first-order valence-electron chi connectivity index (χ1n) is 30.9. The SMILES string of the molecule is c1ccc(-c2ccc(N(c3ccc(-n4c(-c5cccc6ccccc56)cc5cc6c(cc(-c7cccc8ccccc78)n6-c6ccc(N(c7ccc(-c8ccccc8)cc7)c7ccc8ccccc8c7)cc6)cc54)cc3)c3ccc4ccccc4c3)cc2)cc1. The fourth-order valence-corrected chi connectivity index (χ4v) is 13.7. The van der Waals surface area contributed by atoms with E-state index in [1.165, 1.54) is 76.5 Å². The molecule has 0 aliphatic heterocycles. The highest BCUT2D eigenvalue weighted by atomic mass is 15.1. The minimum atomic E-state index is 1.07. The van der Waals surface area contributed by atoms with Gasteiger partial charge in [0.05, 0.1) is 22.4 Å². The van der Waals surface area contributed by atoms with Gasteiger partial charge in [0.15, 0.2) is 0 Å². The molecule has 0 bridgehead atoms. The van der Waals surface area contributed by atoms with E-state index in [-0.39, 0.29) is 0 Å². The van der Waals surface area contributed by atoms with Crippen LogP contribution >= 0.6 is 0 Å². The Balaban J connectivity index is 0.832. The second-order valence-electron chi connectivity index (χ2n) is 23.3. The zero-order valence-electron chi connectivity index (χ0n) is 49.3. The number of anilines is 6. The summed E-state index contributed by atoms with van der Waals surface area (Å²) >= 11 is 0. The molecule has 0 saturated heterocycles. The molecule has 0 aliphatic rings. The van der Waals surface area contributed by atoms with E-state index < -0.39 is 0 Å². The van der Waals surface area contributed by atoms with Gasteiger partial charge in [-0.15, -0.1) is 0 Å². The number of nitrogens with zero attached hydrogens (tertiary/aromatic N) is 4. The first kappa shape index (κ1) is 52.4. The van der Waals surface area contributed by atoms with Crippen LogP contribution < -0.4 is 9.80 Å². The van der Waals surface area contributed by atoms with Crippen LogP contribution in [-0.2, 0) is 0 Å². The van der Waals surface area contributed by atoms with E-state index >= 15 is 0 Å². The summed E-state index contributed by atoms with van der Waals surface area (Å²) in [5, 5.41) is 11.9. The molecule has 90 heavy (non-hydrogen) atoms. The third-order valence-corrected chi connectivity index (χ3v) is 18.0. The van der Waals surface area contributed by atoms with Gasteiger partial charge in [-0.05, 0) is 187 Å². The van der Waals surface area contributed by atoms with E-state index in [1.807, 2.05) is 0 Å². The Morgan fingerprint density at radius 1 is 0.189 bits per heavy atom. The Hall–Kier alpha value is -12.0. The Bertz CT molecular complexity index is 5150. The van der Waals surface area contributed by atoms with Crippen molar-refractivity contribution in [2.45, 2.75) is 0 Å². The van der Waals surface area contributed by atoms with E-state index in [1.54, 1.807) is 0 Å². The third kappa shape index (κ3) is 9.34. The second kappa shape index (κ2) is 22.1. The number of aromatic nitrogens is 2. The molecule has 0 atom stereocenters. The molecule has 0 N–H and O–H groups in total. The normalized spacial score (nSPS) is 11.6. The van der Waals surface area contributed by atoms with Crippen LogP contribution in [-0.4, -0.2) is 9.13 Å². The molecule has 17 aromatic rings. The number of benzene rings is 15. The number of fused-ring (bicyclic) bond motifs is 6. The standard InChI is InChI=1S/C86H58N4/c1-3-17-59(18-4-1)63-33-39-71(40-34-63)87(77-43-37-61-21-7-9-25-67(61)53-77)73-45-49-75(50-46-73)89-83-55-70-58-86(82-32-16-28-66-24-12-14-30-80(66)82)90(84(70)56-69(83)57-85(89)81-31-15-27-65-23-11-13-29-79(65)81)76-51-47-74(48-52-76)88(78-44-38-62-22-8-10-26-68(62)54-78)72-41-35-64(36-42-72)60-19-5-2-6-20-60/h1-58H. The Labute approximate surface area is 522 Å².